The van der Waals surface area contributed by atoms with Crippen molar-refractivity contribution in [2.45, 2.75) is 39.4 Å². The molecule has 0 aliphatic heterocycles. The number of hydrogen-bond donors (Lipinski definition) is 0. The number of imidazole rings is 1. The Morgan fingerprint density at radius 3 is 2.69 bits per heavy atom. The molecule has 2 heterocycles. The second kappa shape index (κ2) is 10.7. The van der Waals surface area contributed by atoms with E-state index in [0.29, 0.717) is 36.0 Å². The zero-order chi connectivity index (χ0) is 24.9. The molecule has 11 heteroatoms. The summed E-state index contributed by atoms with van der Waals surface area (Å²) in [4.78, 5) is 41.8. The number of benzene rings is 1. The lowest BCUT2D eigenvalue weighted by atomic mass is 10.0. The highest BCUT2D eigenvalue weighted by atomic mass is 35.5. The highest BCUT2D eigenvalue weighted by Crippen LogP contribution is 2.29. The second-order valence-corrected chi connectivity index (χ2v) is 8.53. The van der Waals surface area contributed by atoms with Crippen molar-refractivity contribution in [2.24, 2.45) is 11.1 Å². The number of ether oxygens (including phenoxy) is 2. The highest BCUT2D eigenvalue weighted by Gasteiger charge is 2.24. The van der Waals surface area contributed by atoms with E-state index >= 15 is 0 Å². The molecular weight excluding hydrogens is 474 g/mol. The standard InChI is InChI=1S/C24H26ClN5O5/c1-3-28-21-20(22(31)29(24(28)32)13-5-12-26-33)30(15-16-8-10-17(25)11-9-16)23(27-21)35-19-7-4-6-18(14-19)34-2/h4,6-8,10-11,14,16H,3,5,9,12-13,15H2,1-2H3. The molecule has 2 aromatic heterocycles. The number of rotatable bonds is 10. The van der Waals surface area contributed by atoms with Gasteiger partial charge < -0.3 is 9.47 Å². The molecule has 0 saturated carbocycles. The molecule has 0 amide bonds. The smallest absolute Gasteiger partial charge is 0.332 e. The number of nitroso groups, excluding NO2 is 1. The molecule has 4 rings (SSSR count). The van der Waals surface area contributed by atoms with Crippen LogP contribution in [0.4, 0.5) is 0 Å². The van der Waals surface area contributed by atoms with Crippen LogP contribution >= 0.6 is 11.6 Å². The second-order valence-electron chi connectivity index (χ2n) is 8.09. The molecule has 1 atom stereocenters. The van der Waals surface area contributed by atoms with Crippen molar-refractivity contribution >= 4 is 22.8 Å². The van der Waals surface area contributed by atoms with E-state index in [4.69, 9.17) is 21.1 Å². The van der Waals surface area contributed by atoms with Crippen LogP contribution in [-0.4, -0.2) is 32.3 Å². The van der Waals surface area contributed by atoms with Gasteiger partial charge in [-0.1, -0.05) is 35.0 Å². The summed E-state index contributed by atoms with van der Waals surface area (Å²) >= 11 is 6.09. The summed E-state index contributed by atoms with van der Waals surface area (Å²) in [6.07, 6.45) is 6.68. The van der Waals surface area contributed by atoms with Gasteiger partial charge in [-0.2, -0.15) is 9.89 Å². The van der Waals surface area contributed by atoms with Crippen molar-refractivity contribution in [3.05, 3.63) is 73.3 Å². The maximum Gasteiger partial charge on any atom is 0.332 e. The first kappa shape index (κ1) is 24.5. The fourth-order valence-corrected chi connectivity index (χ4v) is 4.23. The summed E-state index contributed by atoms with van der Waals surface area (Å²) in [5.41, 5.74) is -0.460. The minimum atomic E-state index is -0.485. The van der Waals surface area contributed by atoms with Crippen molar-refractivity contribution in [3.63, 3.8) is 0 Å². The predicted molar refractivity (Wildman–Crippen MR) is 133 cm³/mol. The van der Waals surface area contributed by atoms with Crippen LogP contribution in [0.1, 0.15) is 19.8 Å². The Morgan fingerprint density at radius 2 is 2.00 bits per heavy atom. The number of allylic oxidation sites excluding steroid dienone is 4. The summed E-state index contributed by atoms with van der Waals surface area (Å²) in [6, 6.07) is 7.24. The molecule has 35 heavy (non-hydrogen) atoms. The maximum atomic E-state index is 13.5. The van der Waals surface area contributed by atoms with E-state index in [1.807, 2.05) is 18.2 Å². The molecule has 0 saturated heterocycles. The van der Waals surface area contributed by atoms with Gasteiger partial charge in [0.1, 0.15) is 11.5 Å². The molecular formula is C24H26ClN5O5. The Labute approximate surface area is 206 Å². The number of methoxy groups -OCH3 is 1. The molecule has 10 nitrogen and oxygen atoms in total. The average Bonchev–Trinajstić information content (AvgIpc) is 3.20. The molecule has 0 radical (unpaired) electrons. The van der Waals surface area contributed by atoms with Gasteiger partial charge in [-0.15, -0.1) is 0 Å². The average molecular weight is 500 g/mol. The summed E-state index contributed by atoms with van der Waals surface area (Å²) in [5, 5.41) is 3.50. The van der Waals surface area contributed by atoms with Gasteiger partial charge in [-0.25, -0.2) is 4.79 Å². The van der Waals surface area contributed by atoms with Gasteiger partial charge in [0.25, 0.3) is 5.56 Å². The molecule has 0 fully saturated rings. The largest absolute Gasteiger partial charge is 0.497 e. The first-order chi connectivity index (χ1) is 17.0. The molecule has 1 unspecified atom stereocenters. The Kier molecular flexibility index (Phi) is 7.50. The molecule has 1 aliphatic rings. The third-order valence-electron chi connectivity index (χ3n) is 5.84. The van der Waals surface area contributed by atoms with E-state index < -0.39 is 11.2 Å². The van der Waals surface area contributed by atoms with Gasteiger partial charge in [0, 0.05) is 30.7 Å². The number of fused-ring (bicyclic) bond motifs is 1. The highest BCUT2D eigenvalue weighted by molar-refractivity contribution is 6.31. The summed E-state index contributed by atoms with van der Waals surface area (Å²) < 4.78 is 15.7. The summed E-state index contributed by atoms with van der Waals surface area (Å²) in [6.45, 7) is 2.59. The number of aromatic nitrogens is 4. The van der Waals surface area contributed by atoms with E-state index in [1.165, 1.54) is 4.57 Å². The first-order valence-electron chi connectivity index (χ1n) is 11.4. The monoisotopic (exact) mass is 499 g/mol. The normalized spacial score (nSPS) is 15.3. The molecule has 0 spiro atoms. The lowest BCUT2D eigenvalue weighted by molar-refractivity contribution is 0.387. The quantitative estimate of drug-likeness (QED) is 0.307. The van der Waals surface area contributed by atoms with Crippen LogP contribution in [0, 0.1) is 10.8 Å². The van der Waals surface area contributed by atoms with Gasteiger partial charge in [0.05, 0.1) is 13.7 Å². The lowest BCUT2D eigenvalue weighted by Crippen LogP contribution is -2.40. The van der Waals surface area contributed by atoms with Gasteiger partial charge in [-0.3, -0.25) is 18.5 Å². The molecule has 3 aromatic rings. The van der Waals surface area contributed by atoms with E-state index in [9.17, 15) is 14.5 Å². The van der Waals surface area contributed by atoms with E-state index in [0.717, 1.165) is 4.57 Å². The SMILES string of the molecule is CCn1c(=O)n(CCCN=O)c(=O)c2c1nc(Oc1cccc(OC)c1)n2CC1C=CC(Cl)=CC1. The molecule has 0 bridgehead atoms. The van der Waals surface area contributed by atoms with Crippen molar-refractivity contribution in [1.82, 2.24) is 18.7 Å². The number of halogens is 1. The minimum absolute atomic E-state index is 0.0134. The van der Waals surface area contributed by atoms with E-state index in [1.54, 1.807) is 42.9 Å². The topological polar surface area (TPSA) is 110 Å². The zero-order valence-electron chi connectivity index (χ0n) is 19.5. The minimum Gasteiger partial charge on any atom is -0.497 e. The van der Waals surface area contributed by atoms with E-state index in [-0.39, 0.29) is 42.6 Å². The Bertz CT molecular complexity index is 1420. The summed E-state index contributed by atoms with van der Waals surface area (Å²) in [5.74, 6) is 1.12. The number of nitrogens with zero attached hydrogens (tertiary/aromatic N) is 5. The number of aryl methyl sites for hydroxylation is 1. The van der Waals surface area contributed by atoms with Crippen LogP contribution in [0.2, 0.25) is 0 Å². The molecule has 184 valence electrons. The maximum absolute atomic E-state index is 13.5. The lowest BCUT2D eigenvalue weighted by Gasteiger charge is -2.17. The van der Waals surface area contributed by atoms with E-state index in [2.05, 4.69) is 10.2 Å². The van der Waals surface area contributed by atoms with Crippen LogP contribution in [0.25, 0.3) is 11.2 Å². The molecule has 1 aromatic carbocycles. The van der Waals surface area contributed by atoms with Gasteiger partial charge in [0.2, 0.25) is 0 Å². The Hall–Kier alpha value is -3.66. The molecule has 1 aliphatic carbocycles. The summed E-state index contributed by atoms with van der Waals surface area (Å²) in [7, 11) is 1.56. The van der Waals surface area contributed by atoms with Gasteiger partial charge in [0.15, 0.2) is 11.2 Å². The number of hydrogen-bond acceptors (Lipinski definition) is 7. The van der Waals surface area contributed by atoms with Crippen LogP contribution in [-0.2, 0) is 19.6 Å². The van der Waals surface area contributed by atoms with Crippen LogP contribution in [0.3, 0.4) is 0 Å². The third-order valence-corrected chi connectivity index (χ3v) is 6.12. The third kappa shape index (κ3) is 5.07. The van der Waals surface area contributed by atoms with Gasteiger partial charge >= 0.3 is 11.7 Å². The van der Waals surface area contributed by atoms with Crippen molar-refractivity contribution in [3.8, 4) is 17.5 Å². The Balaban J connectivity index is 1.88. The fourth-order valence-electron chi connectivity index (χ4n) is 4.07. The predicted octanol–water partition coefficient (Wildman–Crippen LogP) is 4.04. The first-order valence-corrected chi connectivity index (χ1v) is 11.7. The van der Waals surface area contributed by atoms with Gasteiger partial charge in [-0.05, 0) is 43.9 Å². The van der Waals surface area contributed by atoms with Crippen LogP contribution in [0.5, 0.6) is 17.5 Å². The van der Waals surface area contributed by atoms with Crippen LogP contribution in [0.15, 0.2) is 62.3 Å². The van der Waals surface area contributed by atoms with Crippen molar-refractivity contribution in [2.75, 3.05) is 13.7 Å². The fraction of sp³-hybridized carbons (Fsp3) is 0.375. The van der Waals surface area contributed by atoms with Crippen molar-refractivity contribution in [1.29, 1.82) is 0 Å². The molecule has 0 N–H and O–H groups in total. The van der Waals surface area contributed by atoms with Crippen LogP contribution < -0.4 is 20.7 Å². The zero-order valence-corrected chi connectivity index (χ0v) is 20.3. The van der Waals surface area contributed by atoms with Crippen molar-refractivity contribution < 1.29 is 9.47 Å². The Morgan fingerprint density at radius 1 is 1.20 bits per heavy atom.